The van der Waals surface area contributed by atoms with Crippen LogP contribution in [0.4, 0.5) is 5.69 Å². The largest absolute Gasteiger partial charge is 0.325 e. The van der Waals surface area contributed by atoms with Gasteiger partial charge in [0.05, 0.1) is 11.1 Å². The number of nitrogens with zero attached hydrogens (tertiary/aromatic N) is 1. The molecule has 6 nitrogen and oxygen atoms in total. The summed E-state index contributed by atoms with van der Waals surface area (Å²) in [6, 6.07) is 11.1. The number of hydrogen-bond donors (Lipinski definition) is 2. The number of carbonyl (C=O) groups is 1. The second-order valence-corrected chi connectivity index (χ2v) is 9.55. The van der Waals surface area contributed by atoms with Gasteiger partial charge in [0.15, 0.2) is 0 Å². The van der Waals surface area contributed by atoms with Gasteiger partial charge in [-0.2, -0.15) is 0 Å². The minimum atomic E-state index is -3.72. The third-order valence-electron chi connectivity index (χ3n) is 4.22. The van der Waals surface area contributed by atoms with E-state index in [9.17, 15) is 13.2 Å². The first-order valence-electron chi connectivity index (χ1n) is 8.57. The average molecular weight is 444 g/mol. The van der Waals surface area contributed by atoms with Crippen LogP contribution in [0.25, 0.3) is 0 Å². The summed E-state index contributed by atoms with van der Waals surface area (Å²) in [4.78, 5) is 12.5. The Kier molecular flexibility index (Phi) is 7.47. The van der Waals surface area contributed by atoms with Gasteiger partial charge < -0.3 is 5.32 Å². The Hall–Kier alpha value is -1.64. The molecule has 0 unspecified atom stereocenters. The summed E-state index contributed by atoms with van der Waals surface area (Å²) >= 11 is 11.9. The maximum Gasteiger partial charge on any atom is 0.244 e. The van der Waals surface area contributed by atoms with Crippen LogP contribution in [0.1, 0.15) is 25.5 Å². The number of benzene rings is 2. The predicted octanol–water partition coefficient (Wildman–Crippen LogP) is 3.92. The molecular formula is C19H23Cl2N3O3S. The summed E-state index contributed by atoms with van der Waals surface area (Å²) in [5, 5.41) is 6.66. The fourth-order valence-corrected chi connectivity index (χ4v) is 4.04. The van der Waals surface area contributed by atoms with Gasteiger partial charge in [0.2, 0.25) is 15.9 Å². The van der Waals surface area contributed by atoms with Crippen molar-refractivity contribution in [2.75, 3.05) is 19.4 Å². The van der Waals surface area contributed by atoms with E-state index in [0.717, 1.165) is 9.87 Å². The zero-order chi connectivity index (χ0) is 21.1. The summed E-state index contributed by atoms with van der Waals surface area (Å²) in [5.74, 6) is -0.295. The van der Waals surface area contributed by atoms with Gasteiger partial charge in [-0.05, 0) is 49.7 Å². The summed E-state index contributed by atoms with van der Waals surface area (Å²) in [6.45, 7) is 3.67. The minimum absolute atomic E-state index is 0.0629. The molecule has 2 rings (SSSR count). The van der Waals surface area contributed by atoms with E-state index >= 15 is 0 Å². The lowest BCUT2D eigenvalue weighted by Crippen LogP contribution is -2.39. The van der Waals surface area contributed by atoms with Crippen LogP contribution in [-0.4, -0.2) is 38.8 Å². The molecule has 9 heteroatoms. The molecule has 0 radical (unpaired) electrons. The molecule has 28 heavy (non-hydrogen) atoms. The molecule has 2 aromatic rings. The van der Waals surface area contributed by atoms with Gasteiger partial charge in [-0.3, -0.25) is 10.1 Å². The zero-order valence-corrected chi connectivity index (χ0v) is 18.4. The molecule has 2 N–H and O–H groups in total. The fraction of sp³-hybridized carbons (Fsp3) is 0.316. The van der Waals surface area contributed by atoms with E-state index < -0.39 is 16.1 Å². The quantitative estimate of drug-likeness (QED) is 0.679. The van der Waals surface area contributed by atoms with Crippen LogP contribution >= 0.6 is 23.2 Å². The van der Waals surface area contributed by atoms with E-state index in [4.69, 9.17) is 23.2 Å². The molecule has 2 aromatic carbocycles. The SMILES string of the molecule is C[C@H](N[C@H](C)c1ccc(Cl)cc1)C(=O)Nc1ccc(Cl)c(S(=O)(=O)N(C)C)c1. The molecule has 0 saturated heterocycles. The Morgan fingerprint density at radius 1 is 1.04 bits per heavy atom. The molecule has 2 atom stereocenters. The maximum atomic E-state index is 12.5. The minimum Gasteiger partial charge on any atom is -0.325 e. The van der Waals surface area contributed by atoms with Crippen molar-refractivity contribution in [2.45, 2.75) is 30.8 Å². The van der Waals surface area contributed by atoms with E-state index in [1.165, 1.54) is 26.2 Å². The van der Waals surface area contributed by atoms with Crippen molar-refractivity contribution < 1.29 is 13.2 Å². The molecule has 0 aliphatic carbocycles. The fourth-order valence-electron chi connectivity index (χ4n) is 2.52. The summed E-state index contributed by atoms with van der Waals surface area (Å²) in [6.07, 6.45) is 0. The van der Waals surface area contributed by atoms with Crippen LogP contribution in [0.3, 0.4) is 0 Å². The normalized spacial score (nSPS) is 14.0. The van der Waals surface area contributed by atoms with Gasteiger partial charge in [0.1, 0.15) is 4.90 Å². The number of carbonyl (C=O) groups excluding carboxylic acids is 1. The van der Waals surface area contributed by atoms with Crippen molar-refractivity contribution >= 4 is 44.8 Å². The smallest absolute Gasteiger partial charge is 0.244 e. The number of amides is 1. The predicted molar refractivity (Wildman–Crippen MR) is 113 cm³/mol. The van der Waals surface area contributed by atoms with Gasteiger partial charge in [-0.25, -0.2) is 12.7 Å². The molecule has 0 aliphatic rings. The van der Waals surface area contributed by atoms with E-state index in [-0.39, 0.29) is 21.9 Å². The highest BCUT2D eigenvalue weighted by molar-refractivity contribution is 7.89. The second-order valence-electron chi connectivity index (χ2n) is 6.58. The number of sulfonamides is 1. The third-order valence-corrected chi connectivity index (χ3v) is 6.77. The Balaban J connectivity index is 2.10. The van der Waals surface area contributed by atoms with Crippen LogP contribution < -0.4 is 10.6 Å². The Morgan fingerprint density at radius 3 is 2.21 bits per heavy atom. The lowest BCUT2D eigenvalue weighted by atomic mass is 10.1. The maximum absolute atomic E-state index is 12.5. The number of rotatable bonds is 7. The van der Waals surface area contributed by atoms with E-state index in [2.05, 4.69) is 10.6 Å². The monoisotopic (exact) mass is 443 g/mol. The van der Waals surface area contributed by atoms with Crippen LogP contribution in [-0.2, 0) is 14.8 Å². The molecule has 0 aromatic heterocycles. The number of anilines is 1. The van der Waals surface area contributed by atoms with Crippen molar-refractivity contribution in [3.63, 3.8) is 0 Å². The molecule has 0 bridgehead atoms. The lowest BCUT2D eigenvalue weighted by Gasteiger charge is -2.20. The van der Waals surface area contributed by atoms with Gasteiger partial charge in [-0.1, -0.05) is 35.3 Å². The number of hydrogen-bond acceptors (Lipinski definition) is 4. The third kappa shape index (κ3) is 5.46. The van der Waals surface area contributed by atoms with Gasteiger partial charge >= 0.3 is 0 Å². The second kappa shape index (κ2) is 9.24. The number of halogens is 2. The van der Waals surface area contributed by atoms with E-state index in [0.29, 0.717) is 10.7 Å². The Bertz CT molecular complexity index is 947. The lowest BCUT2D eigenvalue weighted by molar-refractivity contribution is -0.117. The highest BCUT2D eigenvalue weighted by atomic mass is 35.5. The molecule has 0 spiro atoms. The molecule has 0 heterocycles. The molecule has 152 valence electrons. The number of nitrogens with one attached hydrogen (secondary N) is 2. The standard InChI is InChI=1S/C19H23Cl2N3O3S/c1-12(14-5-7-15(20)8-6-14)22-13(2)19(25)23-16-9-10-17(21)18(11-16)28(26,27)24(3)4/h5-13,22H,1-4H3,(H,23,25)/t12-,13+/m1/s1. The van der Waals surface area contributed by atoms with Crippen LogP contribution in [0.15, 0.2) is 47.4 Å². The first-order valence-corrected chi connectivity index (χ1v) is 10.8. The van der Waals surface area contributed by atoms with Crippen molar-refractivity contribution in [1.82, 2.24) is 9.62 Å². The Morgan fingerprint density at radius 2 is 1.64 bits per heavy atom. The highest BCUT2D eigenvalue weighted by Crippen LogP contribution is 2.27. The summed E-state index contributed by atoms with van der Waals surface area (Å²) in [7, 11) is -0.886. The molecular weight excluding hydrogens is 421 g/mol. The van der Waals surface area contributed by atoms with Crippen molar-refractivity contribution in [3.8, 4) is 0 Å². The topological polar surface area (TPSA) is 78.5 Å². The first kappa shape index (κ1) is 22.6. The van der Waals surface area contributed by atoms with Crippen LogP contribution in [0.5, 0.6) is 0 Å². The molecule has 0 fully saturated rings. The molecule has 0 aliphatic heterocycles. The van der Waals surface area contributed by atoms with Crippen LogP contribution in [0, 0.1) is 0 Å². The van der Waals surface area contributed by atoms with Crippen molar-refractivity contribution in [3.05, 3.63) is 58.1 Å². The van der Waals surface area contributed by atoms with E-state index in [1.807, 2.05) is 19.1 Å². The van der Waals surface area contributed by atoms with Crippen molar-refractivity contribution in [2.24, 2.45) is 0 Å². The first-order chi connectivity index (χ1) is 13.0. The highest BCUT2D eigenvalue weighted by Gasteiger charge is 2.22. The average Bonchev–Trinajstić information content (AvgIpc) is 2.63. The van der Waals surface area contributed by atoms with Gasteiger partial charge in [0.25, 0.3) is 0 Å². The van der Waals surface area contributed by atoms with Gasteiger partial charge in [-0.15, -0.1) is 0 Å². The van der Waals surface area contributed by atoms with Crippen molar-refractivity contribution in [1.29, 1.82) is 0 Å². The molecule has 1 amide bonds. The summed E-state index contributed by atoms with van der Waals surface area (Å²) in [5.41, 5.74) is 1.34. The zero-order valence-electron chi connectivity index (χ0n) is 16.0. The van der Waals surface area contributed by atoms with Crippen LogP contribution in [0.2, 0.25) is 10.0 Å². The summed E-state index contributed by atoms with van der Waals surface area (Å²) < 4.78 is 25.8. The van der Waals surface area contributed by atoms with Gasteiger partial charge in [0, 0.05) is 30.8 Å². The van der Waals surface area contributed by atoms with E-state index in [1.54, 1.807) is 25.1 Å². The Labute approximate surface area is 175 Å². The molecule has 0 saturated carbocycles.